The number of benzene rings is 1. The van der Waals surface area contributed by atoms with Crippen LogP contribution in [0.15, 0.2) is 36.9 Å². The first-order valence-corrected chi connectivity index (χ1v) is 9.09. The van der Waals surface area contributed by atoms with Crippen LogP contribution in [-0.4, -0.2) is 17.3 Å². The number of aromatic hydroxyl groups is 1. The van der Waals surface area contributed by atoms with E-state index in [1.165, 1.54) is 32.1 Å². The summed E-state index contributed by atoms with van der Waals surface area (Å²) in [5.74, 6) is 1.91. The zero-order valence-electron chi connectivity index (χ0n) is 13.8. The molecule has 4 nitrogen and oxygen atoms in total. The van der Waals surface area contributed by atoms with E-state index >= 15 is 0 Å². The van der Waals surface area contributed by atoms with Gasteiger partial charge in [0.1, 0.15) is 5.75 Å². The molecule has 0 radical (unpaired) electrons. The van der Waals surface area contributed by atoms with Gasteiger partial charge in [0, 0.05) is 5.56 Å². The fraction of sp³-hybridized carbons (Fsp3) is 0.600. The predicted octanol–water partition coefficient (Wildman–Crippen LogP) is 3.90. The van der Waals surface area contributed by atoms with Crippen molar-refractivity contribution in [1.29, 1.82) is 0 Å². The Morgan fingerprint density at radius 2 is 1.83 bits per heavy atom. The summed E-state index contributed by atoms with van der Waals surface area (Å²) < 4.78 is 6.26. The molecule has 1 aromatic carbocycles. The van der Waals surface area contributed by atoms with Crippen molar-refractivity contribution in [2.24, 2.45) is 23.7 Å². The van der Waals surface area contributed by atoms with Crippen LogP contribution in [0.2, 0.25) is 0 Å². The number of phenols is 1. The first-order valence-electron chi connectivity index (χ1n) is 9.09. The summed E-state index contributed by atoms with van der Waals surface area (Å²) in [5, 5.41) is 9.99. The van der Waals surface area contributed by atoms with E-state index in [-0.39, 0.29) is 5.75 Å². The summed E-state index contributed by atoms with van der Waals surface area (Å²) in [4.78, 5) is 11.7. The molecule has 1 heterocycles. The van der Waals surface area contributed by atoms with Crippen molar-refractivity contribution < 1.29 is 19.6 Å². The molecule has 1 aromatic rings. The molecule has 24 heavy (non-hydrogen) atoms. The molecule has 5 aliphatic rings. The average molecular weight is 328 g/mol. The second-order valence-electron chi connectivity index (χ2n) is 8.03. The molecule has 1 N–H and O–H groups in total. The smallest absolute Gasteiger partial charge is 0.261 e. The topological polar surface area (TPSA) is 47.9 Å². The van der Waals surface area contributed by atoms with E-state index in [0.29, 0.717) is 18.4 Å². The lowest BCUT2D eigenvalue weighted by Crippen LogP contribution is -2.76. The fourth-order valence-corrected chi connectivity index (χ4v) is 6.15. The van der Waals surface area contributed by atoms with Crippen molar-refractivity contribution in [3.63, 3.8) is 0 Å². The molecule has 4 aliphatic carbocycles. The van der Waals surface area contributed by atoms with Gasteiger partial charge in [-0.25, -0.2) is 4.89 Å². The summed E-state index contributed by atoms with van der Waals surface area (Å²) in [6.07, 6.45) is 7.94. The van der Waals surface area contributed by atoms with E-state index in [2.05, 4.69) is 6.58 Å². The van der Waals surface area contributed by atoms with Crippen LogP contribution in [0.4, 0.5) is 0 Å². The van der Waals surface area contributed by atoms with Crippen LogP contribution in [0.3, 0.4) is 0 Å². The Hall–Kier alpha value is -1.36. The van der Waals surface area contributed by atoms with E-state index in [1.807, 2.05) is 12.1 Å². The van der Waals surface area contributed by atoms with Crippen molar-refractivity contribution in [2.45, 2.75) is 43.5 Å². The average Bonchev–Trinajstić information content (AvgIpc) is 2.54. The van der Waals surface area contributed by atoms with Gasteiger partial charge in [-0.1, -0.05) is 18.2 Å². The summed E-state index contributed by atoms with van der Waals surface area (Å²) in [6.45, 7) is 4.18. The Kier molecular flexibility index (Phi) is 3.16. The van der Waals surface area contributed by atoms with Crippen molar-refractivity contribution in [1.82, 2.24) is 0 Å². The molecule has 0 aromatic heterocycles. The molecule has 0 amide bonds. The lowest BCUT2D eigenvalue weighted by atomic mass is 9.47. The molecule has 1 unspecified atom stereocenters. The largest absolute Gasteiger partial charge is 0.508 e. The molecule has 4 bridgehead atoms. The summed E-state index contributed by atoms with van der Waals surface area (Å²) in [6, 6.07) is 7.24. The Morgan fingerprint density at radius 3 is 2.38 bits per heavy atom. The maximum absolute atomic E-state index is 9.99. The third kappa shape index (κ3) is 1.74. The minimum absolute atomic E-state index is 0.226. The Labute approximate surface area is 142 Å². The molecular weight excluding hydrogens is 304 g/mol. The molecule has 5 fully saturated rings. The predicted molar refractivity (Wildman–Crippen MR) is 87.9 cm³/mol. The molecular formula is C20H24O4. The van der Waals surface area contributed by atoms with E-state index in [9.17, 15) is 5.11 Å². The fourth-order valence-electron chi connectivity index (χ4n) is 6.15. The van der Waals surface area contributed by atoms with Gasteiger partial charge < -0.3 is 9.84 Å². The molecule has 4 heteroatoms. The van der Waals surface area contributed by atoms with Gasteiger partial charge in [-0.3, -0.25) is 0 Å². The van der Waals surface area contributed by atoms with E-state index in [1.54, 1.807) is 18.2 Å². The molecule has 1 atom stereocenters. The second kappa shape index (κ2) is 5.07. The van der Waals surface area contributed by atoms with Gasteiger partial charge in [-0.15, -0.1) is 6.58 Å². The van der Waals surface area contributed by atoms with Gasteiger partial charge in [0.05, 0.1) is 6.61 Å². The summed E-state index contributed by atoms with van der Waals surface area (Å²) in [7, 11) is 0. The third-order valence-electron chi connectivity index (χ3n) is 6.79. The van der Waals surface area contributed by atoms with Crippen molar-refractivity contribution in [3.05, 3.63) is 42.5 Å². The van der Waals surface area contributed by atoms with Gasteiger partial charge >= 0.3 is 0 Å². The van der Waals surface area contributed by atoms with Gasteiger partial charge in [0.2, 0.25) is 0 Å². The molecule has 4 saturated carbocycles. The zero-order chi connectivity index (χ0) is 16.4. The highest BCUT2D eigenvalue weighted by Gasteiger charge is 2.76. The van der Waals surface area contributed by atoms with Crippen LogP contribution >= 0.6 is 0 Å². The zero-order valence-corrected chi connectivity index (χ0v) is 13.8. The first-order chi connectivity index (χ1) is 11.7. The number of phenolic OH excluding ortho intramolecular Hbond substituents is 1. The van der Waals surface area contributed by atoms with Gasteiger partial charge in [-0.05, 0) is 67.9 Å². The molecule has 1 saturated heterocycles. The van der Waals surface area contributed by atoms with E-state index < -0.39 is 11.4 Å². The lowest BCUT2D eigenvalue weighted by Gasteiger charge is -2.68. The Balaban J connectivity index is 1.61. The number of ether oxygens (including phenoxy) is 1. The van der Waals surface area contributed by atoms with Crippen LogP contribution < -0.4 is 0 Å². The maximum Gasteiger partial charge on any atom is 0.261 e. The van der Waals surface area contributed by atoms with Crippen molar-refractivity contribution in [3.8, 4) is 5.75 Å². The van der Waals surface area contributed by atoms with Crippen LogP contribution in [0.5, 0.6) is 5.75 Å². The summed E-state index contributed by atoms with van der Waals surface area (Å²) >= 11 is 0. The molecule has 6 rings (SSSR count). The number of hydrogen-bond donors (Lipinski definition) is 1. The van der Waals surface area contributed by atoms with Crippen molar-refractivity contribution >= 4 is 0 Å². The second-order valence-corrected chi connectivity index (χ2v) is 8.03. The quantitative estimate of drug-likeness (QED) is 0.672. The van der Waals surface area contributed by atoms with Gasteiger partial charge in [0.15, 0.2) is 5.60 Å². The SMILES string of the molecule is C=CCOC1(c2cccc(O)c2)OOC12C1CC3CC(C1)CC2C3. The van der Waals surface area contributed by atoms with E-state index in [0.717, 1.165) is 17.4 Å². The summed E-state index contributed by atoms with van der Waals surface area (Å²) in [5.41, 5.74) is 0.431. The Bertz CT molecular complexity index is 641. The molecule has 1 aliphatic heterocycles. The lowest BCUT2D eigenvalue weighted by molar-refractivity contribution is -0.647. The Morgan fingerprint density at radius 1 is 1.12 bits per heavy atom. The van der Waals surface area contributed by atoms with E-state index in [4.69, 9.17) is 14.5 Å². The highest BCUT2D eigenvalue weighted by Crippen LogP contribution is 2.69. The highest BCUT2D eigenvalue weighted by atomic mass is 17.3. The van der Waals surface area contributed by atoms with Gasteiger partial charge in [0.25, 0.3) is 5.79 Å². The van der Waals surface area contributed by atoms with Crippen molar-refractivity contribution in [2.75, 3.05) is 6.61 Å². The minimum Gasteiger partial charge on any atom is -0.508 e. The molecule has 1 spiro atoms. The normalized spacial score (nSPS) is 45.3. The van der Waals surface area contributed by atoms with Crippen LogP contribution in [0.25, 0.3) is 0 Å². The van der Waals surface area contributed by atoms with Crippen LogP contribution in [0, 0.1) is 23.7 Å². The van der Waals surface area contributed by atoms with Gasteiger partial charge in [-0.2, -0.15) is 4.89 Å². The minimum atomic E-state index is -0.928. The van der Waals surface area contributed by atoms with Crippen LogP contribution in [0.1, 0.15) is 37.7 Å². The highest BCUT2D eigenvalue weighted by molar-refractivity contribution is 5.35. The maximum atomic E-state index is 9.99. The number of hydrogen-bond acceptors (Lipinski definition) is 4. The monoisotopic (exact) mass is 328 g/mol. The van der Waals surface area contributed by atoms with Crippen LogP contribution in [-0.2, 0) is 20.3 Å². The number of rotatable bonds is 4. The first kappa shape index (κ1) is 14.9. The molecule has 128 valence electrons. The standard InChI is InChI=1S/C20H24O4/c1-2-6-22-20(15-4-3-5-18(21)12-15)19(23-24-20)16-8-13-7-14(10-16)11-17(19)9-13/h2-5,12-14,16-17,21H,1,6-11H2. The third-order valence-corrected chi connectivity index (χ3v) is 6.79.